The molecule has 0 heteroatoms. The van der Waals surface area contributed by atoms with Crippen molar-refractivity contribution in [2.45, 2.75) is 47.5 Å². The first-order chi connectivity index (χ1) is 6.60. The first-order valence-corrected chi connectivity index (χ1v) is 5.65. The third-order valence-corrected chi connectivity index (χ3v) is 1.76. The molecule has 80 valence electrons. The highest BCUT2D eigenvalue weighted by atomic mass is 14.0. The Morgan fingerprint density at radius 3 is 1.79 bits per heavy atom. The van der Waals surface area contributed by atoms with Gasteiger partial charge in [-0.15, -0.1) is 0 Å². The predicted molar refractivity (Wildman–Crippen MR) is 65.7 cm³/mol. The third-order valence-electron chi connectivity index (χ3n) is 1.76. The number of hydrogen-bond acceptors (Lipinski definition) is 0. The standard InChI is InChI=1S/C11H16.C3H8/c1-9(2)8-11-6-4-10(3)5-7-11;1-3-2/h4-7,9H,8H2,1-3H3;3H2,1-2H3. The van der Waals surface area contributed by atoms with Crippen LogP contribution in [0.4, 0.5) is 0 Å². The van der Waals surface area contributed by atoms with E-state index in [-0.39, 0.29) is 0 Å². The summed E-state index contributed by atoms with van der Waals surface area (Å²) in [5.41, 5.74) is 2.79. The summed E-state index contributed by atoms with van der Waals surface area (Å²) >= 11 is 0. The summed E-state index contributed by atoms with van der Waals surface area (Å²) in [4.78, 5) is 0. The molecule has 0 aromatic heterocycles. The molecule has 0 N–H and O–H groups in total. The second-order valence-electron chi connectivity index (χ2n) is 4.29. The van der Waals surface area contributed by atoms with Crippen molar-refractivity contribution >= 4 is 0 Å². The lowest BCUT2D eigenvalue weighted by Crippen LogP contribution is -1.93. The quantitative estimate of drug-likeness (QED) is 0.642. The van der Waals surface area contributed by atoms with E-state index in [1.54, 1.807) is 0 Å². The zero-order chi connectivity index (χ0) is 11.0. The molecule has 0 spiro atoms. The zero-order valence-corrected chi connectivity index (χ0v) is 10.3. The maximum absolute atomic E-state index is 2.25. The van der Waals surface area contributed by atoms with Gasteiger partial charge in [-0.25, -0.2) is 0 Å². The van der Waals surface area contributed by atoms with Gasteiger partial charge in [0.2, 0.25) is 0 Å². The minimum atomic E-state index is 0.762. The van der Waals surface area contributed by atoms with Crippen LogP contribution in [0.15, 0.2) is 24.3 Å². The summed E-state index contributed by atoms with van der Waals surface area (Å²) in [7, 11) is 0. The van der Waals surface area contributed by atoms with Crippen LogP contribution in [0.25, 0.3) is 0 Å². The molecule has 0 radical (unpaired) electrons. The van der Waals surface area contributed by atoms with Crippen LogP contribution in [-0.4, -0.2) is 0 Å². The van der Waals surface area contributed by atoms with E-state index >= 15 is 0 Å². The molecule has 0 atom stereocenters. The summed E-state index contributed by atoms with van der Waals surface area (Å²) in [5.74, 6) is 0.762. The zero-order valence-electron chi connectivity index (χ0n) is 10.3. The van der Waals surface area contributed by atoms with Gasteiger partial charge in [0.25, 0.3) is 0 Å². The lowest BCUT2D eigenvalue weighted by molar-refractivity contribution is 0.647. The first-order valence-electron chi connectivity index (χ1n) is 5.65. The predicted octanol–water partition coefficient (Wildman–Crippen LogP) is 4.61. The van der Waals surface area contributed by atoms with E-state index in [4.69, 9.17) is 0 Å². The van der Waals surface area contributed by atoms with Crippen molar-refractivity contribution in [1.29, 1.82) is 0 Å². The highest BCUT2D eigenvalue weighted by Gasteiger charge is 1.95. The molecule has 0 saturated heterocycles. The number of hydrogen-bond donors (Lipinski definition) is 0. The average Bonchev–Trinajstić information content (AvgIpc) is 2.09. The Morgan fingerprint density at radius 2 is 1.43 bits per heavy atom. The van der Waals surface area contributed by atoms with E-state index in [9.17, 15) is 0 Å². The highest BCUT2D eigenvalue weighted by molar-refractivity contribution is 5.21. The van der Waals surface area contributed by atoms with Gasteiger partial charge in [-0.1, -0.05) is 63.9 Å². The fourth-order valence-corrected chi connectivity index (χ4v) is 1.20. The van der Waals surface area contributed by atoms with E-state index in [2.05, 4.69) is 58.9 Å². The molecule has 0 unspecified atom stereocenters. The monoisotopic (exact) mass is 192 g/mol. The van der Waals surface area contributed by atoms with E-state index in [0.29, 0.717) is 0 Å². The smallest absolute Gasteiger partial charge is 0.0256 e. The average molecular weight is 192 g/mol. The Balaban J connectivity index is 0.000000500. The fraction of sp³-hybridized carbons (Fsp3) is 0.571. The normalized spacial score (nSPS) is 9.57. The van der Waals surface area contributed by atoms with Crippen molar-refractivity contribution in [3.63, 3.8) is 0 Å². The number of benzene rings is 1. The Morgan fingerprint density at radius 1 is 1.00 bits per heavy atom. The molecule has 14 heavy (non-hydrogen) atoms. The second kappa shape index (κ2) is 7.61. The molecule has 0 bridgehead atoms. The molecule has 1 aromatic carbocycles. The van der Waals surface area contributed by atoms with Crippen molar-refractivity contribution in [2.75, 3.05) is 0 Å². The van der Waals surface area contributed by atoms with E-state index < -0.39 is 0 Å². The van der Waals surface area contributed by atoms with Crippen molar-refractivity contribution < 1.29 is 0 Å². The lowest BCUT2D eigenvalue weighted by atomic mass is 10.0. The Bertz CT molecular complexity index is 218. The topological polar surface area (TPSA) is 0 Å². The molecular weight excluding hydrogens is 168 g/mol. The van der Waals surface area contributed by atoms with Gasteiger partial charge < -0.3 is 0 Å². The van der Waals surface area contributed by atoms with Gasteiger partial charge in [0, 0.05) is 0 Å². The Labute approximate surface area is 89.4 Å². The van der Waals surface area contributed by atoms with E-state index in [1.807, 2.05) is 0 Å². The van der Waals surface area contributed by atoms with Crippen LogP contribution in [-0.2, 0) is 6.42 Å². The molecule has 1 rings (SSSR count). The Kier molecular flexibility index (Phi) is 7.18. The lowest BCUT2D eigenvalue weighted by Gasteiger charge is -2.04. The van der Waals surface area contributed by atoms with Crippen LogP contribution in [0, 0.1) is 12.8 Å². The summed E-state index contributed by atoms with van der Waals surface area (Å²) in [6.45, 7) is 10.9. The van der Waals surface area contributed by atoms with Crippen LogP contribution >= 0.6 is 0 Å². The maximum atomic E-state index is 2.25. The SMILES string of the molecule is CCC.Cc1ccc(CC(C)C)cc1. The minimum absolute atomic E-state index is 0.762. The highest BCUT2D eigenvalue weighted by Crippen LogP contribution is 2.08. The third kappa shape index (κ3) is 6.71. The van der Waals surface area contributed by atoms with Crippen molar-refractivity contribution in [3.05, 3.63) is 35.4 Å². The second-order valence-corrected chi connectivity index (χ2v) is 4.29. The number of rotatable bonds is 2. The van der Waals surface area contributed by atoms with Gasteiger partial charge in [-0.2, -0.15) is 0 Å². The molecule has 0 fully saturated rings. The van der Waals surface area contributed by atoms with E-state index in [1.165, 1.54) is 24.0 Å². The molecule has 0 saturated carbocycles. The van der Waals surface area contributed by atoms with E-state index in [0.717, 1.165) is 5.92 Å². The molecular formula is C14H24. The fourth-order valence-electron chi connectivity index (χ4n) is 1.20. The first kappa shape index (κ1) is 13.2. The van der Waals surface area contributed by atoms with Gasteiger partial charge in [-0.3, -0.25) is 0 Å². The van der Waals surface area contributed by atoms with Crippen LogP contribution in [0.1, 0.15) is 45.2 Å². The molecule has 0 aliphatic carbocycles. The largest absolute Gasteiger partial charge is 0.0656 e. The molecule has 1 aromatic rings. The molecule has 0 nitrogen and oxygen atoms in total. The minimum Gasteiger partial charge on any atom is -0.0656 e. The van der Waals surface area contributed by atoms with Gasteiger partial charge >= 0.3 is 0 Å². The van der Waals surface area contributed by atoms with Gasteiger partial charge in [0.15, 0.2) is 0 Å². The van der Waals surface area contributed by atoms with Crippen molar-refractivity contribution in [3.8, 4) is 0 Å². The van der Waals surface area contributed by atoms with Crippen LogP contribution < -0.4 is 0 Å². The molecule has 0 heterocycles. The molecule has 0 amide bonds. The van der Waals surface area contributed by atoms with Gasteiger partial charge in [0.1, 0.15) is 0 Å². The summed E-state index contributed by atoms with van der Waals surface area (Å²) in [6.07, 6.45) is 2.44. The number of aryl methyl sites for hydroxylation is 1. The summed E-state index contributed by atoms with van der Waals surface area (Å²) < 4.78 is 0. The van der Waals surface area contributed by atoms with Crippen molar-refractivity contribution in [1.82, 2.24) is 0 Å². The summed E-state index contributed by atoms with van der Waals surface area (Å²) in [6, 6.07) is 8.79. The Hall–Kier alpha value is -0.780. The van der Waals surface area contributed by atoms with Crippen LogP contribution in [0.5, 0.6) is 0 Å². The van der Waals surface area contributed by atoms with Gasteiger partial charge in [-0.05, 0) is 24.8 Å². The molecule has 0 aliphatic rings. The maximum Gasteiger partial charge on any atom is -0.0256 e. The van der Waals surface area contributed by atoms with Gasteiger partial charge in [0.05, 0.1) is 0 Å². The summed E-state index contributed by atoms with van der Waals surface area (Å²) in [5, 5.41) is 0. The van der Waals surface area contributed by atoms with Crippen LogP contribution in [0.3, 0.4) is 0 Å². The van der Waals surface area contributed by atoms with Crippen molar-refractivity contribution in [2.24, 2.45) is 5.92 Å². The molecule has 0 aliphatic heterocycles. The van der Waals surface area contributed by atoms with Crippen LogP contribution in [0.2, 0.25) is 0 Å².